The average Bonchev–Trinajstić information content (AvgIpc) is 2.36. The van der Waals surface area contributed by atoms with Crippen LogP contribution in [-0.2, 0) is 0 Å². The zero-order valence-electron chi connectivity index (χ0n) is 11.1. The highest BCUT2D eigenvalue weighted by Gasteiger charge is 2.17. The van der Waals surface area contributed by atoms with Gasteiger partial charge in [0.15, 0.2) is 0 Å². The largest absolute Gasteiger partial charge is 0.382 e. The average molecular weight is 281 g/mol. The van der Waals surface area contributed by atoms with Gasteiger partial charge in [-0.1, -0.05) is 25.4 Å². The van der Waals surface area contributed by atoms with Gasteiger partial charge in [-0.05, 0) is 12.0 Å². The lowest BCUT2D eigenvalue weighted by atomic mass is 10.1. The number of nitrogen functional groups attached to an aromatic ring is 1. The molecule has 0 fully saturated rings. The minimum absolute atomic E-state index is 0.182. The summed E-state index contributed by atoms with van der Waals surface area (Å²) in [6.45, 7) is 5.01. The highest BCUT2D eigenvalue weighted by atomic mass is 35.5. The Morgan fingerprint density at radius 2 is 2.32 bits per heavy atom. The van der Waals surface area contributed by atoms with Crippen molar-refractivity contribution >= 4 is 23.3 Å². The molecular formula is C13H17ClN4O. The number of aromatic nitrogens is 1. The van der Waals surface area contributed by atoms with E-state index >= 15 is 0 Å². The molecule has 1 aromatic rings. The molecule has 0 aliphatic carbocycles. The number of carbonyl (C=O) groups excluding carboxylic acids is 1. The zero-order chi connectivity index (χ0) is 14.4. The Balaban J connectivity index is 2.91. The van der Waals surface area contributed by atoms with Crippen molar-refractivity contribution in [2.24, 2.45) is 5.92 Å². The van der Waals surface area contributed by atoms with Crippen molar-refractivity contribution in [3.8, 4) is 6.07 Å². The summed E-state index contributed by atoms with van der Waals surface area (Å²) in [5, 5.41) is 8.90. The van der Waals surface area contributed by atoms with Gasteiger partial charge in [0.1, 0.15) is 5.82 Å². The van der Waals surface area contributed by atoms with E-state index in [1.165, 1.54) is 12.3 Å². The molecular weight excluding hydrogens is 264 g/mol. The maximum Gasteiger partial charge on any atom is 0.255 e. The Hall–Kier alpha value is -1.80. The third-order valence-corrected chi connectivity index (χ3v) is 2.79. The number of nitrogens with two attached hydrogens (primary N) is 1. The standard InChI is InChI=1S/C13H17ClN4O/c1-9(2)8-18(5-3-4-15)13(19)10-6-11(14)12(16)17-7-10/h6-7,9H,3,5,8H2,1-2H3,(H2,16,17). The fourth-order valence-electron chi connectivity index (χ4n) is 1.65. The lowest BCUT2D eigenvalue weighted by Gasteiger charge is -2.23. The number of hydrogen-bond donors (Lipinski definition) is 1. The van der Waals surface area contributed by atoms with Gasteiger partial charge < -0.3 is 10.6 Å². The molecule has 0 atom stereocenters. The van der Waals surface area contributed by atoms with Crippen molar-refractivity contribution in [1.29, 1.82) is 5.26 Å². The van der Waals surface area contributed by atoms with E-state index in [0.29, 0.717) is 31.0 Å². The first kappa shape index (κ1) is 15.3. The van der Waals surface area contributed by atoms with E-state index in [1.54, 1.807) is 4.90 Å². The smallest absolute Gasteiger partial charge is 0.255 e. The number of pyridine rings is 1. The van der Waals surface area contributed by atoms with Crippen LogP contribution in [0.1, 0.15) is 30.6 Å². The van der Waals surface area contributed by atoms with E-state index in [-0.39, 0.29) is 16.7 Å². The second-order valence-electron chi connectivity index (χ2n) is 4.64. The van der Waals surface area contributed by atoms with Gasteiger partial charge in [-0.25, -0.2) is 4.98 Å². The number of amides is 1. The van der Waals surface area contributed by atoms with E-state index in [9.17, 15) is 4.79 Å². The number of rotatable bonds is 5. The van der Waals surface area contributed by atoms with Crippen molar-refractivity contribution in [1.82, 2.24) is 9.88 Å². The van der Waals surface area contributed by atoms with E-state index in [1.807, 2.05) is 19.9 Å². The Kier molecular flexibility index (Phi) is 5.58. The maximum absolute atomic E-state index is 12.3. The molecule has 0 saturated carbocycles. The summed E-state index contributed by atoms with van der Waals surface area (Å²) >= 11 is 5.86. The summed E-state index contributed by atoms with van der Waals surface area (Å²) in [6.07, 6.45) is 1.71. The van der Waals surface area contributed by atoms with Crippen LogP contribution in [0.4, 0.5) is 5.82 Å². The summed E-state index contributed by atoms with van der Waals surface area (Å²) in [5.41, 5.74) is 5.90. The molecule has 0 saturated heterocycles. The molecule has 1 heterocycles. The zero-order valence-corrected chi connectivity index (χ0v) is 11.8. The highest BCUT2D eigenvalue weighted by Crippen LogP contribution is 2.18. The number of carbonyl (C=O) groups is 1. The first-order valence-electron chi connectivity index (χ1n) is 6.03. The van der Waals surface area contributed by atoms with Gasteiger partial charge in [-0.3, -0.25) is 4.79 Å². The van der Waals surface area contributed by atoms with E-state index < -0.39 is 0 Å². The van der Waals surface area contributed by atoms with Crippen LogP contribution in [0, 0.1) is 17.2 Å². The molecule has 1 rings (SSSR count). The van der Waals surface area contributed by atoms with Crippen LogP contribution in [0.5, 0.6) is 0 Å². The summed E-state index contributed by atoms with van der Waals surface area (Å²) < 4.78 is 0. The molecule has 1 aromatic heterocycles. The van der Waals surface area contributed by atoms with Crippen molar-refractivity contribution in [2.75, 3.05) is 18.8 Å². The quantitative estimate of drug-likeness (QED) is 0.897. The summed E-state index contributed by atoms with van der Waals surface area (Å²) in [5.74, 6) is 0.337. The molecule has 2 N–H and O–H groups in total. The Morgan fingerprint density at radius 1 is 1.63 bits per heavy atom. The van der Waals surface area contributed by atoms with Gasteiger partial charge in [-0.2, -0.15) is 5.26 Å². The summed E-state index contributed by atoms with van der Waals surface area (Å²) in [4.78, 5) is 17.8. The van der Waals surface area contributed by atoms with Crippen molar-refractivity contribution in [2.45, 2.75) is 20.3 Å². The van der Waals surface area contributed by atoms with Crippen LogP contribution >= 0.6 is 11.6 Å². The third kappa shape index (κ3) is 4.42. The molecule has 102 valence electrons. The Bertz CT molecular complexity index is 496. The van der Waals surface area contributed by atoms with Gasteiger partial charge in [0, 0.05) is 19.3 Å². The molecule has 0 aromatic carbocycles. The molecule has 0 bridgehead atoms. The predicted octanol–water partition coefficient (Wildman–Crippen LogP) is 2.33. The normalized spacial score (nSPS) is 10.3. The lowest BCUT2D eigenvalue weighted by molar-refractivity contribution is 0.0739. The minimum atomic E-state index is -0.182. The number of nitriles is 1. The fraction of sp³-hybridized carbons (Fsp3) is 0.462. The monoisotopic (exact) mass is 280 g/mol. The Morgan fingerprint density at radius 3 is 2.84 bits per heavy atom. The van der Waals surface area contributed by atoms with Crippen molar-refractivity contribution in [3.05, 3.63) is 22.8 Å². The summed E-state index contributed by atoms with van der Waals surface area (Å²) in [7, 11) is 0. The highest BCUT2D eigenvalue weighted by molar-refractivity contribution is 6.33. The van der Waals surface area contributed by atoms with Crippen LogP contribution in [0.3, 0.4) is 0 Å². The predicted molar refractivity (Wildman–Crippen MR) is 74.6 cm³/mol. The first-order valence-corrected chi connectivity index (χ1v) is 6.40. The molecule has 5 nitrogen and oxygen atoms in total. The fourth-order valence-corrected chi connectivity index (χ4v) is 1.82. The molecule has 0 radical (unpaired) electrons. The molecule has 0 unspecified atom stereocenters. The SMILES string of the molecule is CC(C)CN(CCC#N)C(=O)c1cnc(N)c(Cl)c1. The van der Waals surface area contributed by atoms with Crippen molar-refractivity contribution < 1.29 is 4.79 Å². The lowest BCUT2D eigenvalue weighted by Crippen LogP contribution is -2.35. The molecule has 6 heteroatoms. The van der Waals surface area contributed by atoms with Crippen LogP contribution in [0.2, 0.25) is 5.02 Å². The van der Waals surface area contributed by atoms with Crippen molar-refractivity contribution in [3.63, 3.8) is 0 Å². The molecule has 1 amide bonds. The van der Waals surface area contributed by atoms with E-state index in [0.717, 1.165) is 0 Å². The number of anilines is 1. The molecule has 19 heavy (non-hydrogen) atoms. The van der Waals surface area contributed by atoms with Gasteiger partial charge in [0.25, 0.3) is 5.91 Å². The molecule has 0 aliphatic rings. The second-order valence-corrected chi connectivity index (χ2v) is 5.05. The maximum atomic E-state index is 12.3. The van der Waals surface area contributed by atoms with Crippen LogP contribution in [0.15, 0.2) is 12.3 Å². The number of halogens is 1. The molecule has 0 aliphatic heterocycles. The number of nitrogens with zero attached hydrogens (tertiary/aromatic N) is 3. The Labute approximate surface area is 118 Å². The second kappa shape index (κ2) is 6.95. The van der Waals surface area contributed by atoms with E-state index in [4.69, 9.17) is 22.6 Å². The van der Waals surface area contributed by atoms with Crippen LogP contribution < -0.4 is 5.73 Å². The van der Waals surface area contributed by atoms with Crippen LogP contribution in [0.25, 0.3) is 0 Å². The van der Waals surface area contributed by atoms with Gasteiger partial charge >= 0.3 is 0 Å². The van der Waals surface area contributed by atoms with Gasteiger partial charge in [0.05, 0.1) is 23.1 Å². The van der Waals surface area contributed by atoms with E-state index in [2.05, 4.69) is 4.98 Å². The third-order valence-electron chi connectivity index (χ3n) is 2.48. The van der Waals surface area contributed by atoms with Gasteiger partial charge in [0.2, 0.25) is 0 Å². The summed E-state index contributed by atoms with van der Waals surface area (Å²) in [6, 6.07) is 3.55. The first-order chi connectivity index (χ1) is 8.95. The number of hydrogen-bond acceptors (Lipinski definition) is 4. The topological polar surface area (TPSA) is 83.0 Å². The minimum Gasteiger partial charge on any atom is -0.382 e. The van der Waals surface area contributed by atoms with Gasteiger partial charge in [-0.15, -0.1) is 0 Å². The van der Waals surface area contributed by atoms with Crippen LogP contribution in [-0.4, -0.2) is 28.9 Å². The molecule has 0 spiro atoms.